The van der Waals surface area contributed by atoms with Crippen molar-refractivity contribution in [2.75, 3.05) is 0 Å². The SMILES string of the molecule is CCc1nccn1-c1cc(=O)[nH]c(C2CC2)n1. The van der Waals surface area contributed by atoms with Gasteiger partial charge in [0.2, 0.25) is 0 Å². The Hall–Kier alpha value is -1.91. The molecule has 2 aromatic rings. The molecule has 1 aliphatic carbocycles. The van der Waals surface area contributed by atoms with Gasteiger partial charge in [0.05, 0.1) is 0 Å². The summed E-state index contributed by atoms with van der Waals surface area (Å²) >= 11 is 0. The van der Waals surface area contributed by atoms with Crippen LogP contribution >= 0.6 is 0 Å². The van der Waals surface area contributed by atoms with Gasteiger partial charge in [0.15, 0.2) is 0 Å². The van der Waals surface area contributed by atoms with E-state index in [0.717, 1.165) is 30.9 Å². The predicted molar refractivity (Wildman–Crippen MR) is 63.3 cm³/mol. The van der Waals surface area contributed by atoms with Crippen LogP contribution in [0.3, 0.4) is 0 Å². The molecule has 0 amide bonds. The molecule has 17 heavy (non-hydrogen) atoms. The molecule has 1 fully saturated rings. The fourth-order valence-corrected chi connectivity index (χ4v) is 1.94. The molecule has 0 saturated heterocycles. The molecule has 0 atom stereocenters. The van der Waals surface area contributed by atoms with Gasteiger partial charge in [-0.3, -0.25) is 9.36 Å². The first-order valence-corrected chi connectivity index (χ1v) is 5.92. The van der Waals surface area contributed by atoms with Gasteiger partial charge in [-0.25, -0.2) is 9.97 Å². The molecule has 0 spiro atoms. The number of aryl methyl sites for hydroxylation is 1. The second-order valence-electron chi connectivity index (χ2n) is 4.33. The summed E-state index contributed by atoms with van der Waals surface area (Å²) in [5, 5.41) is 0. The van der Waals surface area contributed by atoms with Gasteiger partial charge >= 0.3 is 0 Å². The number of aromatic amines is 1. The maximum absolute atomic E-state index is 11.6. The second-order valence-corrected chi connectivity index (χ2v) is 4.33. The first-order chi connectivity index (χ1) is 8.28. The van der Waals surface area contributed by atoms with Gasteiger partial charge in [0, 0.05) is 30.8 Å². The van der Waals surface area contributed by atoms with Crippen molar-refractivity contribution in [2.45, 2.75) is 32.1 Å². The summed E-state index contributed by atoms with van der Waals surface area (Å²) in [5.74, 6) is 2.84. The summed E-state index contributed by atoms with van der Waals surface area (Å²) in [6.07, 6.45) is 6.64. The topological polar surface area (TPSA) is 63.6 Å². The quantitative estimate of drug-likeness (QED) is 0.866. The molecule has 0 unspecified atom stereocenters. The zero-order valence-electron chi connectivity index (χ0n) is 9.68. The van der Waals surface area contributed by atoms with Crippen molar-refractivity contribution in [2.24, 2.45) is 0 Å². The van der Waals surface area contributed by atoms with E-state index < -0.39 is 0 Å². The highest BCUT2D eigenvalue weighted by molar-refractivity contribution is 5.25. The van der Waals surface area contributed by atoms with Gasteiger partial charge in [0.1, 0.15) is 17.5 Å². The van der Waals surface area contributed by atoms with Crippen molar-refractivity contribution < 1.29 is 0 Å². The Labute approximate surface area is 98.5 Å². The molecular weight excluding hydrogens is 216 g/mol. The summed E-state index contributed by atoms with van der Waals surface area (Å²) < 4.78 is 1.88. The molecule has 1 saturated carbocycles. The van der Waals surface area contributed by atoms with Gasteiger partial charge in [-0.1, -0.05) is 6.92 Å². The van der Waals surface area contributed by atoms with E-state index in [4.69, 9.17) is 0 Å². The van der Waals surface area contributed by atoms with E-state index in [2.05, 4.69) is 15.0 Å². The van der Waals surface area contributed by atoms with Crippen LogP contribution < -0.4 is 5.56 Å². The average Bonchev–Trinajstić information content (AvgIpc) is 3.06. The van der Waals surface area contributed by atoms with Crippen molar-refractivity contribution in [1.29, 1.82) is 0 Å². The lowest BCUT2D eigenvalue weighted by Crippen LogP contribution is -2.14. The first-order valence-electron chi connectivity index (χ1n) is 5.92. The van der Waals surface area contributed by atoms with E-state index in [1.54, 1.807) is 6.20 Å². The van der Waals surface area contributed by atoms with Crippen LogP contribution in [0.4, 0.5) is 0 Å². The van der Waals surface area contributed by atoms with Crippen LogP contribution in [0, 0.1) is 0 Å². The van der Waals surface area contributed by atoms with E-state index >= 15 is 0 Å². The third-order valence-electron chi connectivity index (χ3n) is 2.99. The molecule has 2 aromatic heterocycles. The van der Waals surface area contributed by atoms with Gasteiger partial charge in [0.25, 0.3) is 5.56 Å². The Kier molecular flexibility index (Phi) is 2.31. The van der Waals surface area contributed by atoms with E-state index in [1.165, 1.54) is 6.07 Å². The van der Waals surface area contributed by atoms with Crippen LogP contribution in [0.1, 0.15) is 37.3 Å². The number of H-pyrrole nitrogens is 1. The summed E-state index contributed by atoms with van der Waals surface area (Å²) in [7, 11) is 0. The van der Waals surface area contributed by atoms with Crippen LogP contribution in [0.15, 0.2) is 23.3 Å². The number of imidazole rings is 1. The lowest BCUT2D eigenvalue weighted by Gasteiger charge is -2.06. The van der Waals surface area contributed by atoms with Crippen LogP contribution in [-0.2, 0) is 6.42 Å². The fourth-order valence-electron chi connectivity index (χ4n) is 1.94. The predicted octanol–water partition coefficient (Wildman–Crippen LogP) is 1.40. The first kappa shape index (κ1) is 10.3. The molecule has 1 aliphatic rings. The number of hydrogen-bond acceptors (Lipinski definition) is 3. The van der Waals surface area contributed by atoms with Gasteiger partial charge in [-0.05, 0) is 12.8 Å². The molecule has 5 nitrogen and oxygen atoms in total. The fraction of sp³-hybridized carbons (Fsp3) is 0.417. The molecule has 0 aromatic carbocycles. The van der Waals surface area contributed by atoms with Crippen molar-refractivity contribution in [1.82, 2.24) is 19.5 Å². The molecule has 88 valence electrons. The highest BCUT2D eigenvalue weighted by Gasteiger charge is 2.26. The van der Waals surface area contributed by atoms with E-state index in [-0.39, 0.29) is 5.56 Å². The highest BCUT2D eigenvalue weighted by Crippen LogP contribution is 2.37. The minimum absolute atomic E-state index is 0.0901. The Balaban J connectivity index is 2.10. The summed E-state index contributed by atoms with van der Waals surface area (Å²) in [6.45, 7) is 2.04. The zero-order chi connectivity index (χ0) is 11.8. The molecule has 0 aliphatic heterocycles. The molecule has 1 N–H and O–H groups in total. The van der Waals surface area contributed by atoms with E-state index in [1.807, 2.05) is 17.7 Å². The Morgan fingerprint density at radius 3 is 3.06 bits per heavy atom. The third-order valence-corrected chi connectivity index (χ3v) is 2.99. The number of nitrogens with one attached hydrogen (secondary N) is 1. The molecule has 2 heterocycles. The second kappa shape index (κ2) is 3.84. The summed E-state index contributed by atoms with van der Waals surface area (Å²) in [5.41, 5.74) is -0.0901. The minimum atomic E-state index is -0.0901. The van der Waals surface area contributed by atoms with Crippen LogP contribution in [0.25, 0.3) is 5.82 Å². The lowest BCUT2D eigenvalue weighted by atomic mass is 10.4. The highest BCUT2D eigenvalue weighted by atomic mass is 16.1. The standard InChI is InChI=1S/C12H14N4O/c1-2-9-13-5-6-16(9)10-7-11(17)15-12(14-10)8-3-4-8/h5-8H,2-4H2,1H3,(H,14,15,17). The number of rotatable bonds is 3. The van der Waals surface area contributed by atoms with Crippen molar-refractivity contribution >= 4 is 0 Å². The third kappa shape index (κ3) is 1.88. The zero-order valence-corrected chi connectivity index (χ0v) is 9.68. The summed E-state index contributed by atoms with van der Waals surface area (Å²) in [4.78, 5) is 23.2. The maximum atomic E-state index is 11.6. The van der Waals surface area contributed by atoms with Crippen molar-refractivity contribution in [3.05, 3.63) is 40.5 Å². The smallest absolute Gasteiger partial charge is 0.253 e. The monoisotopic (exact) mass is 230 g/mol. The Morgan fingerprint density at radius 1 is 1.53 bits per heavy atom. The maximum Gasteiger partial charge on any atom is 0.253 e. The molecular formula is C12H14N4O. The van der Waals surface area contributed by atoms with Crippen molar-refractivity contribution in [3.8, 4) is 5.82 Å². The van der Waals surface area contributed by atoms with E-state index in [9.17, 15) is 4.79 Å². The number of hydrogen-bond donors (Lipinski definition) is 1. The van der Waals surface area contributed by atoms with Crippen molar-refractivity contribution in [3.63, 3.8) is 0 Å². The molecule has 3 rings (SSSR count). The van der Waals surface area contributed by atoms with Gasteiger partial charge in [-0.2, -0.15) is 0 Å². The molecule has 0 radical (unpaired) electrons. The largest absolute Gasteiger partial charge is 0.310 e. The van der Waals surface area contributed by atoms with Gasteiger partial charge in [-0.15, -0.1) is 0 Å². The lowest BCUT2D eigenvalue weighted by molar-refractivity contribution is 0.823. The molecule has 5 heteroatoms. The van der Waals surface area contributed by atoms with Gasteiger partial charge < -0.3 is 4.98 Å². The number of aromatic nitrogens is 4. The minimum Gasteiger partial charge on any atom is -0.310 e. The van der Waals surface area contributed by atoms with Crippen LogP contribution in [-0.4, -0.2) is 19.5 Å². The Morgan fingerprint density at radius 2 is 2.35 bits per heavy atom. The molecule has 0 bridgehead atoms. The Bertz CT molecular complexity index is 595. The van der Waals surface area contributed by atoms with Crippen LogP contribution in [0.2, 0.25) is 0 Å². The number of nitrogens with zero attached hydrogens (tertiary/aromatic N) is 3. The normalized spacial score (nSPS) is 15.1. The van der Waals surface area contributed by atoms with E-state index in [0.29, 0.717) is 11.7 Å². The average molecular weight is 230 g/mol. The van der Waals surface area contributed by atoms with Crippen LogP contribution in [0.5, 0.6) is 0 Å². The summed E-state index contributed by atoms with van der Waals surface area (Å²) in [6, 6.07) is 1.52.